The third-order valence-corrected chi connectivity index (χ3v) is 3.73. The molecule has 1 N–H and O–H groups in total. The molecular formula is C17H22ClNO4. The second-order valence-electron chi connectivity index (χ2n) is 5.69. The van der Waals surface area contributed by atoms with Gasteiger partial charge >= 0.3 is 5.97 Å². The van der Waals surface area contributed by atoms with E-state index >= 15 is 0 Å². The van der Waals surface area contributed by atoms with Crippen LogP contribution in [0.2, 0.25) is 5.02 Å². The summed E-state index contributed by atoms with van der Waals surface area (Å²) < 4.78 is 4.87. The van der Waals surface area contributed by atoms with Gasteiger partial charge in [0.1, 0.15) is 0 Å². The van der Waals surface area contributed by atoms with Crippen LogP contribution in [0.25, 0.3) is 0 Å². The molecule has 23 heavy (non-hydrogen) atoms. The van der Waals surface area contributed by atoms with Crippen molar-refractivity contribution in [2.24, 2.45) is 5.92 Å². The number of halogens is 1. The van der Waals surface area contributed by atoms with Crippen molar-refractivity contribution in [2.75, 3.05) is 6.61 Å². The lowest BCUT2D eigenvalue weighted by molar-refractivity contribution is -0.148. The summed E-state index contributed by atoms with van der Waals surface area (Å²) in [5.41, 5.74) is 0.491. The molecule has 0 saturated carbocycles. The van der Waals surface area contributed by atoms with E-state index in [0.717, 1.165) is 0 Å². The highest BCUT2D eigenvalue weighted by Crippen LogP contribution is 2.12. The summed E-state index contributed by atoms with van der Waals surface area (Å²) >= 11 is 5.75. The molecule has 1 aromatic rings. The molecule has 0 heterocycles. The fourth-order valence-corrected chi connectivity index (χ4v) is 1.80. The van der Waals surface area contributed by atoms with Crippen molar-refractivity contribution in [1.82, 2.24) is 5.32 Å². The maximum absolute atomic E-state index is 11.9. The fraction of sp³-hybridized carbons (Fsp3) is 0.471. The number of benzene rings is 1. The summed E-state index contributed by atoms with van der Waals surface area (Å²) in [5.74, 6) is -0.786. The Kier molecular flexibility index (Phi) is 7.75. The van der Waals surface area contributed by atoms with Gasteiger partial charge in [0, 0.05) is 23.0 Å². The summed E-state index contributed by atoms with van der Waals surface area (Å²) in [6.45, 7) is 5.53. The van der Waals surface area contributed by atoms with Crippen molar-refractivity contribution in [2.45, 2.75) is 39.7 Å². The number of nitrogens with one attached hydrogen (secondary N) is 1. The summed E-state index contributed by atoms with van der Waals surface area (Å²) in [6, 6.07) is 6.46. The predicted molar refractivity (Wildman–Crippen MR) is 88.4 cm³/mol. The predicted octanol–water partition coefficient (Wildman–Crippen LogP) is 3.01. The second kappa shape index (κ2) is 9.30. The molecule has 0 radical (unpaired) electrons. The minimum atomic E-state index is -0.570. The summed E-state index contributed by atoms with van der Waals surface area (Å²) in [7, 11) is 0. The Morgan fingerprint density at radius 1 is 1.09 bits per heavy atom. The Labute approximate surface area is 141 Å². The average molecular weight is 340 g/mol. The van der Waals surface area contributed by atoms with Crippen LogP contribution in [0.4, 0.5) is 0 Å². The molecule has 0 unspecified atom stereocenters. The molecule has 0 aromatic heterocycles. The molecule has 0 aliphatic heterocycles. The zero-order valence-corrected chi connectivity index (χ0v) is 14.4. The monoisotopic (exact) mass is 339 g/mol. The van der Waals surface area contributed by atoms with Gasteiger partial charge in [-0.05, 0) is 37.1 Å². The largest absolute Gasteiger partial charge is 0.456 e. The SMILES string of the molecule is CC(C)[C@@H](C)NC(=O)COC(=O)CCC(=O)c1ccc(Cl)cc1. The molecule has 0 spiro atoms. The number of hydrogen-bond donors (Lipinski definition) is 1. The van der Waals surface area contributed by atoms with Gasteiger partial charge in [-0.15, -0.1) is 0 Å². The zero-order valence-electron chi connectivity index (χ0n) is 13.6. The van der Waals surface area contributed by atoms with Gasteiger partial charge < -0.3 is 10.1 Å². The van der Waals surface area contributed by atoms with Gasteiger partial charge in [0.25, 0.3) is 5.91 Å². The van der Waals surface area contributed by atoms with Crippen molar-refractivity contribution in [3.8, 4) is 0 Å². The molecule has 1 aromatic carbocycles. The number of ether oxygens (including phenoxy) is 1. The van der Waals surface area contributed by atoms with Crippen LogP contribution in [0.15, 0.2) is 24.3 Å². The van der Waals surface area contributed by atoms with Gasteiger partial charge in [-0.1, -0.05) is 25.4 Å². The lowest BCUT2D eigenvalue weighted by Gasteiger charge is -2.17. The van der Waals surface area contributed by atoms with Crippen LogP contribution in [-0.2, 0) is 14.3 Å². The Morgan fingerprint density at radius 2 is 1.70 bits per heavy atom. The van der Waals surface area contributed by atoms with E-state index in [1.54, 1.807) is 24.3 Å². The second-order valence-corrected chi connectivity index (χ2v) is 6.13. The standard InChI is InChI=1S/C17H22ClNO4/c1-11(2)12(3)19-16(21)10-23-17(22)9-8-15(20)13-4-6-14(18)7-5-13/h4-7,11-12H,8-10H2,1-3H3,(H,19,21)/t12-/m1/s1. The molecule has 0 saturated heterocycles. The van der Waals surface area contributed by atoms with Crippen molar-refractivity contribution in [3.63, 3.8) is 0 Å². The molecule has 0 fully saturated rings. The highest BCUT2D eigenvalue weighted by molar-refractivity contribution is 6.30. The summed E-state index contributed by atoms with van der Waals surface area (Å²) in [6.07, 6.45) is -0.0288. The van der Waals surface area contributed by atoms with Crippen LogP contribution < -0.4 is 5.32 Å². The molecular weight excluding hydrogens is 318 g/mol. The van der Waals surface area contributed by atoms with Crippen molar-refractivity contribution < 1.29 is 19.1 Å². The molecule has 6 heteroatoms. The first-order chi connectivity index (χ1) is 10.8. The molecule has 0 bridgehead atoms. The minimum Gasteiger partial charge on any atom is -0.456 e. The fourth-order valence-electron chi connectivity index (χ4n) is 1.68. The van der Waals surface area contributed by atoms with E-state index in [2.05, 4.69) is 5.32 Å². The summed E-state index contributed by atoms with van der Waals surface area (Å²) in [4.78, 5) is 35.1. The number of ketones is 1. The molecule has 0 aliphatic carbocycles. The Balaban J connectivity index is 2.30. The number of esters is 1. The first-order valence-electron chi connectivity index (χ1n) is 7.53. The number of amides is 1. The molecule has 1 amide bonds. The molecule has 5 nitrogen and oxygen atoms in total. The quantitative estimate of drug-likeness (QED) is 0.583. The number of hydrogen-bond acceptors (Lipinski definition) is 4. The molecule has 1 atom stereocenters. The van der Waals surface area contributed by atoms with Crippen LogP contribution in [0.5, 0.6) is 0 Å². The Morgan fingerprint density at radius 3 is 2.26 bits per heavy atom. The van der Waals surface area contributed by atoms with Gasteiger partial charge in [0.2, 0.25) is 0 Å². The van der Waals surface area contributed by atoms with Gasteiger partial charge in [0.05, 0.1) is 6.42 Å². The maximum Gasteiger partial charge on any atom is 0.306 e. The number of rotatable bonds is 8. The van der Waals surface area contributed by atoms with Crippen LogP contribution in [0.1, 0.15) is 44.0 Å². The molecule has 1 rings (SSSR count). The van der Waals surface area contributed by atoms with Crippen molar-refractivity contribution >= 4 is 29.3 Å². The first kappa shape index (κ1) is 19.2. The maximum atomic E-state index is 11.9. The lowest BCUT2D eigenvalue weighted by atomic mass is 10.1. The highest BCUT2D eigenvalue weighted by Gasteiger charge is 2.14. The van der Waals surface area contributed by atoms with Crippen LogP contribution in [-0.4, -0.2) is 30.3 Å². The number of carbonyl (C=O) groups excluding carboxylic acids is 3. The van der Waals surface area contributed by atoms with Gasteiger partial charge in [-0.3, -0.25) is 14.4 Å². The minimum absolute atomic E-state index is 0.00712. The van der Waals surface area contributed by atoms with E-state index in [1.807, 2.05) is 20.8 Å². The third kappa shape index (κ3) is 7.28. The molecule has 0 aliphatic rings. The van der Waals surface area contributed by atoms with Crippen LogP contribution in [0.3, 0.4) is 0 Å². The van der Waals surface area contributed by atoms with Crippen molar-refractivity contribution in [1.29, 1.82) is 0 Å². The highest BCUT2D eigenvalue weighted by atomic mass is 35.5. The topological polar surface area (TPSA) is 72.5 Å². The number of Topliss-reactive ketones (excluding diaryl/α,β-unsaturated/α-hetero) is 1. The van der Waals surface area contributed by atoms with Crippen LogP contribution >= 0.6 is 11.6 Å². The normalized spacial score (nSPS) is 11.9. The van der Waals surface area contributed by atoms with Crippen molar-refractivity contribution in [3.05, 3.63) is 34.9 Å². The van der Waals surface area contributed by atoms with Gasteiger partial charge in [0.15, 0.2) is 12.4 Å². The van der Waals surface area contributed by atoms with E-state index in [-0.39, 0.29) is 37.2 Å². The van der Waals surface area contributed by atoms with E-state index in [1.165, 1.54) is 0 Å². The average Bonchev–Trinajstić information content (AvgIpc) is 2.51. The smallest absolute Gasteiger partial charge is 0.306 e. The number of carbonyl (C=O) groups is 3. The molecule has 126 valence electrons. The Bertz CT molecular complexity index is 554. The first-order valence-corrected chi connectivity index (χ1v) is 7.91. The Hall–Kier alpha value is -1.88. The van der Waals surface area contributed by atoms with E-state index in [4.69, 9.17) is 16.3 Å². The summed E-state index contributed by atoms with van der Waals surface area (Å²) in [5, 5.41) is 3.28. The zero-order chi connectivity index (χ0) is 17.4. The van der Waals surface area contributed by atoms with Gasteiger partial charge in [-0.2, -0.15) is 0 Å². The van der Waals surface area contributed by atoms with Crippen LogP contribution in [0, 0.1) is 5.92 Å². The van der Waals surface area contributed by atoms with E-state index in [9.17, 15) is 14.4 Å². The van der Waals surface area contributed by atoms with E-state index < -0.39 is 5.97 Å². The lowest BCUT2D eigenvalue weighted by Crippen LogP contribution is -2.38. The van der Waals surface area contributed by atoms with Gasteiger partial charge in [-0.25, -0.2) is 0 Å². The third-order valence-electron chi connectivity index (χ3n) is 3.48. The van der Waals surface area contributed by atoms with E-state index in [0.29, 0.717) is 16.5 Å².